The molecule has 0 aromatic carbocycles. The minimum absolute atomic E-state index is 0.00150. The molecule has 1 aliphatic rings. The second kappa shape index (κ2) is 7.22. The van der Waals surface area contributed by atoms with Gasteiger partial charge in [0.15, 0.2) is 0 Å². The Bertz CT molecular complexity index is 380. The summed E-state index contributed by atoms with van der Waals surface area (Å²) in [5, 5.41) is 12.3. The Morgan fingerprint density at radius 1 is 1.43 bits per heavy atom. The SMILES string of the molecule is COC(CN)CC(=O)NC1CCC(C(=O)O)C(C)(C)C1C. The average Bonchev–Trinajstić information content (AvgIpc) is 2.40. The van der Waals surface area contributed by atoms with E-state index >= 15 is 0 Å². The van der Waals surface area contributed by atoms with Gasteiger partial charge in [-0.25, -0.2) is 0 Å². The van der Waals surface area contributed by atoms with Crippen LogP contribution in [-0.4, -0.2) is 42.8 Å². The van der Waals surface area contributed by atoms with Crippen LogP contribution in [0.4, 0.5) is 0 Å². The standard InChI is InChI=1S/C15H28N2O4/c1-9-12(17-13(18)7-10(8-16)21-4)6-5-11(14(19)20)15(9,2)3/h9-12H,5-8,16H2,1-4H3,(H,17,18)(H,19,20). The third kappa shape index (κ3) is 4.17. The monoisotopic (exact) mass is 300 g/mol. The van der Waals surface area contributed by atoms with Crippen molar-refractivity contribution in [2.24, 2.45) is 23.0 Å². The maximum absolute atomic E-state index is 12.0. The maximum Gasteiger partial charge on any atom is 0.307 e. The van der Waals surface area contributed by atoms with Crippen molar-refractivity contribution in [1.82, 2.24) is 5.32 Å². The highest BCUT2D eigenvalue weighted by atomic mass is 16.5. The second-order valence-corrected chi connectivity index (χ2v) is 6.55. The number of nitrogens with two attached hydrogens (primary N) is 1. The molecule has 0 bridgehead atoms. The van der Waals surface area contributed by atoms with Crippen LogP contribution in [0.2, 0.25) is 0 Å². The maximum atomic E-state index is 12.0. The summed E-state index contributed by atoms with van der Waals surface area (Å²) in [4.78, 5) is 23.4. The number of carboxylic acids is 1. The summed E-state index contributed by atoms with van der Waals surface area (Å²) in [5.74, 6) is -1.11. The van der Waals surface area contributed by atoms with E-state index in [0.29, 0.717) is 19.4 Å². The lowest BCUT2D eigenvalue weighted by Gasteiger charge is -2.46. The molecule has 0 aromatic heterocycles. The van der Waals surface area contributed by atoms with E-state index in [1.807, 2.05) is 20.8 Å². The summed E-state index contributed by atoms with van der Waals surface area (Å²) >= 11 is 0. The first-order chi connectivity index (χ1) is 9.73. The first-order valence-electron chi connectivity index (χ1n) is 7.49. The van der Waals surface area contributed by atoms with E-state index in [1.54, 1.807) is 0 Å². The van der Waals surface area contributed by atoms with Crippen LogP contribution in [0.5, 0.6) is 0 Å². The van der Waals surface area contributed by atoms with Crippen molar-refractivity contribution in [3.05, 3.63) is 0 Å². The molecule has 1 amide bonds. The van der Waals surface area contributed by atoms with E-state index in [2.05, 4.69) is 5.32 Å². The first kappa shape index (κ1) is 17.9. The molecule has 0 aromatic rings. The molecule has 1 fully saturated rings. The van der Waals surface area contributed by atoms with E-state index in [9.17, 15) is 14.7 Å². The Balaban J connectivity index is 2.66. The van der Waals surface area contributed by atoms with Gasteiger partial charge in [-0.05, 0) is 24.2 Å². The van der Waals surface area contributed by atoms with Crippen molar-refractivity contribution in [3.8, 4) is 0 Å². The fourth-order valence-electron chi connectivity index (χ4n) is 3.18. The molecule has 122 valence electrons. The predicted octanol–water partition coefficient (Wildman–Crippen LogP) is 0.992. The Morgan fingerprint density at radius 2 is 2.05 bits per heavy atom. The molecule has 0 aliphatic heterocycles. The van der Waals surface area contributed by atoms with Gasteiger partial charge in [0.2, 0.25) is 5.91 Å². The molecule has 21 heavy (non-hydrogen) atoms. The van der Waals surface area contributed by atoms with Crippen molar-refractivity contribution < 1.29 is 19.4 Å². The molecule has 6 nitrogen and oxygen atoms in total. The van der Waals surface area contributed by atoms with Crippen molar-refractivity contribution in [1.29, 1.82) is 0 Å². The van der Waals surface area contributed by atoms with E-state index in [-0.39, 0.29) is 41.7 Å². The summed E-state index contributed by atoms with van der Waals surface area (Å²) in [7, 11) is 1.54. The van der Waals surface area contributed by atoms with Crippen LogP contribution >= 0.6 is 0 Å². The van der Waals surface area contributed by atoms with Gasteiger partial charge in [-0.15, -0.1) is 0 Å². The van der Waals surface area contributed by atoms with Crippen LogP contribution in [0.1, 0.15) is 40.0 Å². The lowest BCUT2D eigenvalue weighted by atomic mass is 9.61. The van der Waals surface area contributed by atoms with E-state index in [0.717, 1.165) is 0 Å². The number of hydrogen-bond acceptors (Lipinski definition) is 4. The number of amides is 1. The Morgan fingerprint density at radius 3 is 2.52 bits per heavy atom. The molecule has 1 saturated carbocycles. The van der Waals surface area contributed by atoms with E-state index in [4.69, 9.17) is 10.5 Å². The minimum atomic E-state index is -0.751. The van der Waals surface area contributed by atoms with Crippen LogP contribution in [0.3, 0.4) is 0 Å². The molecule has 6 heteroatoms. The highest BCUT2D eigenvalue weighted by molar-refractivity contribution is 5.77. The number of methoxy groups -OCH3 is 1. The van der Waals surface area contributed by atoms with Crippen LogP contribution in [0.25, 0.3) is 0 Å². The lowest BCUT2D eigenvalue weighted by Crippen LogP contribution is -2.52. The molecule has 4 N–H and O–H groups in total. The summed E-state index contributed by atoms with van der Waals surface area (Å²) in [5.41, 5.74) is 5.17. The average molecular weight is 300 g/mol. The quantitative estimate of drug-likeness (QED) is 0.679. The lowest BCUT2D eigenvalue weighted by molar-refractivity contribution is -0.150. The third-order valence-corrected chi connectivity index (χ3v) is 5.10. The fraction of sp³-hybridized carbons (Fsp3) is 0.867. The fourth-order valence-corrected chi connectivity index (χ4v) is 3.18. The van der Waals surface area contributed by atoms with Crippen molar-refractivity contribution in [2.75, 3.05) is 13.7 Å². The molecule has 4 unspecified atom stereocenters. The Hall–Kier alpha value is -1.14. The largest absolute Gasteiger partial charge is 0.481 e. The van der Waals surface area contributed by atoms with Gasteiger partial charge >= 0.3 is 5.97 Å². The molecule has 0 radical (unpaired) electrons. The number of carbonyl (C=O) groups excluding carboxylic acids is 1. The topological polar surface area (TPSA) is 102 Å². The number of carboxylic acid groups (broad SMARTS) is 1. The Labute approximate surface area is 126 Å². The van der Waals surface area contributed by atoms with Gasteiger partial charge in [-0.2, -0.15) is 0 Å². The number of aliphatic carboxylic acids is 1. The number of carbonyl (C=O) groups is 2. The summed E-state index contributed by atoms with van der Waals surface area (Å²) < 4.78 is 5.11. The summed E-state index contributed by atoms with van der Waals surface area (Å²) in [6.07, 6.45) is 1.23. The highest BCUT2D eigenvalue weighted by Crippen LogP contribution is 2.45. The van der Waals surface area contributed by atoms with Gasteiger partial charge in [0.1, 0.15) is 0 Å². The van der Waals surface area contributed by atoms with Gasteiger partial charge in [0.25, 0.3) is 0 Å². The Kier molecular flexibility index (Phi) is 6.16. The summed E-state index contributed by atoms with van der Waals surface area (Å²) in [6.45, 7) is 6.24. The molecule has 4 atom stereocenters. The molecule has 1 aliphatic carbocycles. The van der Waals surface area contributed by atoms with Gasteiger partial charge in [0, 0.05) is 19.7 Å². The first-order valence-corrected chi connectivity index (χ1v) is 7.49. The van der Waals surface area contributed by atoms with Crippen molar-refractivity contribution in [3.63, 3.8) is 0 Å². The van der Waals surface area contributed by atoms with Gasteiger partial charge in [-0.3, -0.25) is 9.59 Å². The molecular weight excluding hydrogens is 272 g/mol. The number of hydrogen-bond donors (Lipinski definition) is 3. The second-order valence-electron chi connectivity index (χ2n) is 6.55. The molecule has 1 rings (SSSR count). The molecule has 0 saturated heterocycles. The predicted molar refractivity (Wildman–Crippen MR) is 79.7 cm³/mol. The van der Waals surface area contributed by atoms with Crippen molar-refractivity contribution >= 4 is 11.9 Å². The normalized spacial score (nSPS) is 29.7. The van der Waals surface area contributed by atoms with Gasteiger partial charge in [-0.1, -0.05) is 20.8 Å². The number of nitrogens with one attached hydrogen (secondary N) is 1. The molecule has 0 heterocycles. The number of rotatable bonds is 6. The smallest absolute Gasteiger partial charge is 0.307 e. The molecular formula is C15H28N2O4. The minimum Gasteiger partial charge on any atom is -0.481 e. The zero-order valence-electron chi connectivity index (χ0n) is 13.4. The van der Waals surface area contributed by atoms with Gasteiger partial charge < -0.3 is 20.9 Å². The summed E-state index contributed by atoms with van der Waals surface area (Å²) in [6, 6.07) is -0.00150. The van der Waals surface area contributed by atoms with Crippen LogP contribution in [0, 0.1) is 17.3 Å². The zero-order valence-corrected chi connectivity index (χ0v) is 13.4. The van der Waals surface area contributed by atoms with E-state index in [1.165, 1.54) is 7.11 Å². The highest BCUT2D eigenvalue weighted by Gasteiger charge is 2.46. The number of ether oxygens (including phenoxy) is 1. The van der Waals surface area contributed by atoms with Crippen LogP contribution < -0.4 is 11.1 Å². The van der Waals surface area contributed by atoms with Crippen LogP contribution in [-0.2, 0) is 14.3 Å². The van der Waals surface area contributed by atoms with E-state index < -0.39 is 5.97 Å². The van der Waals surface area contributed by atoms with Crippen molar-refractivity contribution in [2.45, 2.75) is 52.2 Å². The van der Waals surface area contributed by atoms with Crippen LogP contribution in [0.15, 0.2) is 0 Å². The zero-order chi connectivity index (χ0) is 16.2. The molecule has 0 spiro atoms. The van der Waals surface area contributed by atoms with Gasteiger partial charge in [0.05, 0.1) is 18.4 Å². The third-order valence-electron chi connectivity index (χ3n) is 5.10.